The second-order valence-corrected chi connectivity index (χ2v) is 6.51. The van der Waals surface area contributed by atoms with Crippen LogP contribution in [0.5, 0.6) is 0 Å². The predicted octanol–water partition coefficient (Wildman–Crippen LogP) is 5.28. The van der Waals surface area contributed by atoms with Crippen LogP contribution in [0.1, 0.15) is 16.7 Å². The summed E-state index contributed by atoms with van der Waals surface area (Å²) in [5, 5.41) is 3.48. The van der Waals surface area contributed by atoms with Gasteiger partial charge >= 0.3 is 0 Å². The molecule has 0 unspecified atom stereocenters. The zero-order valence-electron chi connectivity index (χ0n) is 10.4. The van der Waals surface area contributed by atoms with Crippen molar-refractivity contribution < 1.29 is 0 Å². The second-order valence-electron chi connectivity index (χ2n) is 4.41. The van der Waals surface area contributed by atoms with Gasteiger partial charge in [-0.1, -0.05) is 23.8 Å². The van der Waals surface area contributed by atoms with Crippen LogP contribution in [0, 0.1) is 17.4 Å². The molecule has 0 aliphatic rings. The van der Waals surface area contributed by atoms with Crippen molar-refractivity contribution in [2.24, 2.45) is 0 Å². The Balaban J connectivity index is 2.13. The fourth-order valence-electron chi connectivity index (χ4n) is 1.87. The molecule has 0 fully saturated rings. The van der Waals surface area contributed by atoms with E-state index < -0.39 is 0 Å². The Hall–Kier alpha value is -0.550. The summed E-state index contributed by atoms with van der Waals surface area (Å²) < 4.78 is 2.34. The van der Waals surface area contributed by atoms with Crippen LogP contribution in [0.4, 0.5) is 5.69 Å². The van der Waals surface area contributed by atoms with Crippen molar-refractivity contribution >= 4 is 44.2 Å². The topological polar surface area (TPSA) is 12.0 Å². The second kappa shape index (κ2) is 6.06. The maximum atomic E-state index is 3.57. The van der Waals surface area contributed by atoms with Crippen LogP contribution in [-0.2, 0) is 6.54 Å². The zero-order chi connectivity index (χ0) is 13.1. The molecule has 0 heterocycles. The van der Waals surface area contributed by atoms with Crippen LogP contribution in [0.25, 0.3) is 0 Å². The first kappa shape index (κ1) is 13.9. The maximum absolute atomic E-state index is 3.57. The molecule has 2 rings (SSSR count). The van der Waals surface area contributed by atoms with E-state index >= 15 is 0 Å². The minimum Gasteiger partial charge on any atom is -0.380 e. The largest absolute Gasteiger partial charge is 0.380 e. The number of nitrogens with one attached hydrogen (secondary N) is 1. The number of rotatable bonds is 3. The average Bonchev–Trinajstić information content (AvgIpc) is 2.32. The van der Waals surface area contributed by atoms with E-state index in [1.807, 2.05) is 0 Å². The Morgan fingerprint density at radius 2 is 1.89 bits per heavy atom. The van der Waals surface area contributed by atoms with Crippen LogP contribution in [0.2, 0.25) is 0 Å². The molecule has 0 atom stereocenters. The molecular weight excluding hydrogens is 401 g/mol. The fraction of sp³-hybridized carbons (Fsp3) is 0.200. The third-order valence-electron chi connectivity index (χ3n) is 2.90. The smallest absolute Gasteiger partial charge is 0.0497 e. The Labute approximate surface area is 130 Å². The lowest BCUT2D eigenvalue weighted by atomic mass is 10.1. The first-order valence-electron chi connectivity index (χ1n) is 5.81. The van der Waals surface area contributed by atoms with Gasteiger partial charge in [-0.2, -0.15) is 0 Å². The molecular formula is C15H15BrIN. The summed E-state index contributed by atoms with van der Waals surface area (Å²) in [6.07, 6.45) is 0. The molecule has 0 amide bonds. The van der Waals surface area contributed by atoms with Crippen LogP contribution in [0.3, 0.4) is 0 Å². The van der Waals surface area contributed by atoms with E-state index in [-0.39, 0.29) is 0 Å². The van der Waals surface area contributed by atoms with Crippen molar-refractivity contribution in [3.8, 4) is 0 Å². The number of halogens is 2. The molecule has 0 aliphatic heterocycles. The van der Waals surface area contributed by atoms with Crippen molar-refractivity contribution in [3.05, 3.63) is 61.1 Å². The standard InChI is InChI=1S/C15H15BrIN/c1-10-3-4-12(11(2)7-10)9-18-15-8-13(17)5-6-14(15)16/h3-8,18H,9H2,1-2H3. The molecule has 0 aliphatic carbocycles. The Kier molecular flexibility index (Phi) is 4.67. The quantitative estimate of drug-likeness (QED) is 0.672. The highest BCUT2D eigenvalue weighted by Crippen LogP contribution is 2.25. The van der Waals surface area contributed by atoms with Gasteiger partial charge in [0.25, 0.3) is 0 Å². The van der Waals surface area contributed by atoms with Gasteiger partial charge in [-0.3, -0.25) is 0 Å². The number of hydrogen-bond donors (Lipinski definition) is 1. The van der Waals surface area contributed by atoms with Gasteiger partial charge in [0, 0.05) is 20.3 Å². The van der Waals surface area contributed by atoms with Gasteiger partial charge in [0.05, 0.1) is 0 Å². The van der Waals surface area contributed by atoms with Crippen LogP contribution in [-0.4, -0.2) is 0 Å². The predicted molar refractivity (Wildman–Crippen MR) is 90.1 cm³/mol. The summed E-state index contributed by atoms with van der Waals surface area (Å²) in [4.78, 5) is 0. The van der Waals surface area contributed by atoms with Crippen molar-refractivity contribution in [2.75, 3.05) is 5.32 Å². The molecule has 0 bridgehead atoms. The highest BCUT2D eigenvalue weighted by molar-refractivity contribution is 14.1. The van der Waals surface area contributed by atoms with Crippen LogP contribution >= 0.6 is 38.5 Å². The molecule has 3 heteroatoms. The van der Waals surface area contributed by atoms with Crippen molar-refractivity contribution in [3.63, 3.8) is 0 Å². The highest BCUT2D eigenvalue weighted by atomic mass is 127. The summed E-state index contributed by atoms with van der Waals surface area (Å²) in [5.74, 6) is 0. The zero-order valence-corrected chi connectivity index (χ0v) is 14.2. The van der Waals surface area contributed by atoms with E-state index in [0.29, 0.717) is 0 Å². The first-order chi connectivity index (χ1) is 8.56. The third kappa shape index (κ3) is 3.48. The van der Waals surface area contributed by atoms with Gasteiger partial charge in [0.1, 0.15) is 0 Å². The number of aryl methyl sites for hydroxylation is 2. The molecule has 2 aromatic rings. The van der Waals surface area contributed by atoms with E-state index in [1.54, 1.807) is 0 Å². The molecule has 94 valence electrons. The van der Waals surface area contributed by atoms with Crippen LogP contribution < -0.4 is 5.32 Å². The molecule has 0 saturated heterocycles. The van der Waals surface area contributed by atoms with Gasteiger partial charge in [0.2, 0.25) is 0 Å². The molecule has 0 saturated carbocycles. The summed E-state index contributed by atoms with van der Waals surface area (Å²) in [5.41, 5.74) is 5.13. The summed E-state index contributed by atoms with van der Waals surface area (Å²) in [6.45, 7) is 5.14. The van der Waals surface area contributed by atoms with E-state index in [0.717, 1.165) is 16.7 Å². The number of anilines is 1. The molecule has 1 N–H and O–H groups in total. The highest BCUT2D eigenvalue weighted by Gasteiger charge is 2.02. The van der Waals surface area contributed by atoms with Gasteiger partial charge in [-0.15, -0.1) is 0 Å². The Morgan fingerprint density at radius 3 is 2.61 bits per heavy atom. The lowest BCUT2D eigenvalue weighted by Crippen LogP contribution is -2.02. The van der Waals surface area contributed by atoms with Crippen molar-refractivity contribution in [1.29, 1.82) is 0 Å². The molecule has 0 spiro atoms. The van der Waals surface area contributed by atoms with Gasteiger partial charge in [-0.05, 0) is 81.7 Å². The minimum atomic E-state index is 0.852. The van der Waals surface area contributed by atoms with Crippen molar-refractivity contribution in [2.45, 2.75) is 20.4 Å². The Bertz CT molecular complexity index is 566. The average molecular weight is 416 g/mol. The third-order valence-corrected chi connectivity index (χ3v) is 4.26. The van der Waals surface area contributed by atoms with Crippen molar-refractivity contribution in [1.82, 2.24) is 0 Å². The SMILES string of the molecule is Cc1ccc(CNc2cc(I)ccc2Br)c(C)c1. The summed E-state index contributed by atoms with van der Waals surface area (Å²) >= 11 is 5.89. The molecule has 18 heavy (non-hydrogen) atoms. The van der Waals surface area contributed by atoms with Gasteiger partial charge in [0.15, 0.2) is 0 Å². The molecule has 0 aromatic heterocycles. The summed E-state index contributed by atoms with van der Waals surface area (Å²) in [6, 6.07) is 12.9. The molecule has 2 aromatic carbocycles. The first-order valence-corrected chi connectivity index (χ1v) is 7.68. The van der Waals surface area contributed by atoms with Gasteiger partial charge in [-0.25, -0.2) is 0 Å². The number of hydrogen-bond acceptors (Lipinski definition) is 1. The monoisotopic (exact) mass is 415 g/mol. The van der Waals surface area contributed by atoms with E-state index in [1.165, 1.54) is 20.3 Å². The van der Waals surface area contributed by atoms with E-state index in [4.69, 9.17) is 0 Å². The van der Waals surface area contributed by atoms with Crippen LogP contribution in [0.15, 0.2) is 40.9 Å². The number of benzene rings is 2. The lowest BCUT2D eigenvalue weighted by Gasteiger charge is -2.11. The van der Waals surface area contributed by atoms with E-state index in [2.05, 4.69) is 94.1 Å². The fourth-order valence-corrected chi connectivity index (χ4v) is 2.75. The molecule has 1 nitrogen and oxygen atoms in total. The van der Waals surface area contributed by atoms with Gasteiger partial charge < -0.3 is 5.32 Å². The minimum absolute atomic E-state index is 0.852. The summed E-state index contributed by atoms with van der Waals surface area (Å²) in [7, 11) is 0. The molecule has 0 radical (unpaired) electrons. The lowest BCUT2D eigenvalue weighted by molar-refractivity contribution is 1.11. The Morgan fingerprint density at radius 1 is 1.11 bits per heavy atom. The van der Waals surface area contributed by atoms with E-state index in [9.17, 15) is 0 Å². The normalized spacial score (nSPS) is 10.4. The maximum Gasteiger partial charge on any atom is 0.0497 e.